The fraction of sp³-hybridized carbons (Fsp3) is 0.667. The van der Waals surface area contributed by atoms with Crippen LogP contribution in [0.4, 0.5) is 0 Å². The first-order valence-corrected chi connectivity index (χ1v) is 6.08. The van der Waals surface area contributed by atoms with Gasteiger partial charge in [0.25, 0.3) is 0 Å². The van der Waals surface area contributed by atoms with E-state index in [1.54, 1.807) is 6.07 Å². The first kappa shape index (κ1) is 12.6. The van der Waals surface area contributed by atoms with Crippen LogP contribution in [0.15, 0.2) is 16.5 Å². The molecule has 1 N–H and O–H groups in total. The minimum absolute atomic E-state index is 0.300. The zero-order valence-corrected chi connectivity index (χ0v) is 10.3. The normalized spacial score (nSPS) is 13.0. The molecule has 15 heavy (non-hydrogen) atoms. The zero-order valence-electron chi connectivity index (χ0n) is 9.55. The Bertz CT molecular complexity index is 272. The Kier molecular flexibility index (Phi) is 5.81. The molecule has 1 unspecified atom stereocenters. The maximum Gasteiger partial charge on any atom is 0.193 e. The average molecular weight is 230 g/mol. The predicted octanol–water partition coefficient (Wildman–Crippen LogP) is 4.16. The minimum Gasteiger partial charge on any atom is -0.448 e. The second-order valence-corrected chi connectivity index (χ2v) is 4.20. The van der Waals surface area contributed by atoms with E-state index in [1.165, 1.54) is 25.7 Å². The molecule has 0 aliphatic carbocycles. The Hall–Kier alpha value is -0.470. The lowest BCUT2D eigenvalue weighted by Gasteiger charge is -2.12. The summed E-state index contributed by atoms with van der Waals surface area (Å²) >= 11 is 5.75. The highest BCUT2D eigenvalue weighted by Crippen LogP contribution is 2.23. The molecule has 0 aliphatic rings. The van der Waals surface area contributed by atoms with Crippen molar-refractivity contribution in [3.63, 3.8) is 0 Å². The number of furan rings is 1. The molecule has 1 aromatic rings. The molecule has 0 saturated carbocycles. The van der Waals surface area contributed by atoms with Crippen LogP contribution >= 0.6 is 11.6 Å². The Morgan fingerprint density at radius 3 is 2.67 bits per heavy atom. The lowest BCUT2D eigenvalue weighted by molar-refractivity contribution is 0.403. The van der Waals surface area contributed by atoms with Crippen LogP contribution in [0.1, 0.15) is 50.8 Å². The van der Waals surface area contributed by atoms with Gasteiger partial charge in [0.1, 0.15) is 5.76 Å². The molecular formula is C12H20ClNO. The summed E-state index contributed by atoms with van der Waals surface area (Å²) in [6.07, 6.45) is 6.23. The van der Waals surface area contributed by atoms with E-state index in [2.05, 4.69) is 12.2 Å². The van der Waals surface area contributed by atoms with Crippen LogP contribution in [0.5, 0.6) is 0 Å². The molecule has 0 aromatic carbocycles. The summed E-state index contributed by atoms with van der Waals surface area (Å²) in [7, 11) is 1.96. The van der Waals surface area contributed by atoms with Crippen molar-refractivity contribution >= 4 is 11.6 Å². The Labute approximate surface area is 97.0 Å². The van der Waals surface area contributed by atoms with Crippen molar-refractivity contribution in [2.75, 3.05) is 7.05 Å². The van der Waals surface area contributed by atoms with Crippen molar-refractivity contribution < 1.29 is 4.42 Å². The summed E-state index contributed by atoms with van der Waals surface area (Å²) in [5.74, 6) is 0.944. The van der Waals surface area contributed by atoms with E-state index in [0.29, 0.717) is 11.3 Å². The molecule has 1 aromatic heterocycles. The summed E-state index contributed by atoms with van der Waals surface area (Å²) in [5.41, 5.74) is 0. The second kappa shape index (κ2) is 6.91. The van der Waals surface area contributed by atoms with E-state index in [-0.39, 0.29) is 0 Å². The van der Waals surface area contributed by atoms with Gasteiger partial charge < -0.3 is 9.73 Å². The van der Waals surface area contributed by atoms with Gasteiger partial charge in [0, 0.05) is 0 Å². The molecule has 0 fully saturated rings. The first-order chi connectivity index (χ1) is 7.27. The van der Waals surface area contributed by atoms with E-state index in [4.69, 9.17) is 16.0 Å². The van der Waals surface area contributed by atoms with Gasteiger partial charge in [0.2, 0.25) is 0 Å². The van der Waals surface area contributed by atoms with Crippen molar-refractivity contribution in [3.8, 4) is 0 Å². The summed E-state index contributed by atoms with van der Waals surface area (Å²) in [5, 5.41) is 3.73. The molecule has 3 heteroatoms. The number of halogens is 1. The van der Waals surface area contributed by atoms with Gasteiger partial charge in [0.15, 0.2) is 5.22 Å². The van der Waals surface area contributed by atoms with Crippen LogP contribution < -0.4 is 5.32 Å². The highest BCUT2D eigenvalue weighted by atomic mass is 35.5. The van der Waals surface area contributed by atoms with E-state index in [0.717, 1.165) is 12.2 Å². The molecule has 0 aliphatic heterocycles. The number of hydrogen-bond acceptors (Lipinski definition) is 2. The Morgan fingerprint density at radius 2 is 2.13 bits per heavy atom. The van der Waals surface area contributed by atoms with Crippen LogP contribution in [-0.4, -0.2) is 7.05 Å². The highest BCUT2D eigenvalue weighted by Gasteiger charge is 2.12. The quantitative estimate of drug-likeness (QED) is 0.711. The smallest absolute Gasteiger partial charge is 0.193 e. The third kappa shape index (κ3) is 4.27. The molecule has 0 saturated heterocycles. The lowest BCUT2D eigenvalue weighted by Crippen LogP contribution is -2.15. The average Bonchev–Trinajstić information content (AvgIpc) is 2.65. The summed E-state index contributed by atoms with van der Waals surface area (Å²) in [6.45, 7) is 2.22. The van der Waals surface area contributed by atoms with E-state index in [9.17, 15) is 0 Å². The largest absolute Gasteiger partial charge is 0.448 e. The van der Waals surface area contributed by atoms with Crippen LogP contribution in [-0.2, 0) is 0 Å². The Balaban J connectivity index is 2.35. The standard InChI is InChI=1S/C12H20ClNO/c1-3-4-5-6-7-10(14-2)11-8-9-12(13)15-11/h8-10,14H,3-7H2,1-2H3. The van der Waals surface area contributed by atoms with Gasteiger partial charge in [-0.2, -0.15) is 0 Å². The van der Waals surface area contributed by atoms with E-state index >= 15 is 0 Å². The monoisotopic (exact) mass is 229 g/mol. The van der Waals surface area contributed by atoms with Crippen molar-refractivity contribution in [1.29, 1.82) is 0 Å². The fourth-order valence-electron chi connectivity index (χ4n) is 1.72. The third-order valence-corrected chi connectivity index (χ3v) is 2.84. The molecule has 0 amide bonds. The molecule has 1 rings (SSSR count). The van der Waals surface area contributed by atoms with Gasteiger partial charge in [-0.3, -0.25) is 0 Å². The summed E-state index contributed by atoms with van der Waals surface area (Å²) in [6, 6.07) is 4.05. The van der Waals surface area contributed by atoms with Gasteiger partial charge in [-0.25, -0.2) is 0 Å². The van der Waals surface area contributed by atoms with Crippen molar-refractivity contribution in [2.24, 2.45) is 0 Å². The second-order valence-electron chi connectivity index (χ2n) is 3.83. The molecule has 0 radical (unpaired) electrons. The van der Waals surface area contributed by atoms with Crippen molar-refractivity contribution in [1.82, 2.24) is 5.32 Å². The maximum absolute atomic E-state index is 5.75. The first-order valence-electron chi connectivity index (χ1n) is 5.70. The molecule has 1 atom stereocenters. The van der Waals surface area contributed by atoms with Gasteiger partial charge in [-0.05, 0) is 37.2 Å². The van der Waals surface area contributed by atoms with Crippen LogP contribution in [0.25, 0.3) is 0 Å². The van der Waals surface area contributed by atoms with Crippen molar-refractivity contribution in [2.45, 2.75) is 45.1 Å². The SMILES string of the molecule is CCCCCCC(NC)c1ccc(Cl)o1. The molecule has 1 heterocycles. The molecular weight excluding hydrogens is 210 g/mol. The number of unbranched alkanes of at least 4 members (excludes halogenated alkanes) is 3. The molecule has 0 spiro atoms. The van der Waals surface area contributed by atoms with Gasteiger partial charge in [-0.15, -0.1) is 0 Å². The van der Waals surface area contributed by atoms with Crippen LogP contribution in [0, 0.1) is 0 Å². The molecule has 2 nitrogen and oxygen atoms in total. The fourth-order valence-corrected chi connectivity index (χ4v) is 1.87. The molecule has 0 bridgehead atoms. The Morgan fingerprint density at radius 1 is 1.33 bits per heavy atom. The third-order valence-electron chi connectivity index (χ3n) is 2.63. The van der Waals surface area contributed by atoms with Gasteiger partial charge in [0.05, 0.1) is 6.04 Å². The zero-order chi connectivity index (χ0) is 11.1. The van der Waals surface area contributed by atoms with Crippen molar-refractivity contribution in [3.05, 3.63) is 23.1 Å². The minimum atomic E-state index is 0.300. The van der Waals surface area contributed by atoms with Gasteiger partial charge in [-0.1, -0.05) is 32.6 Å². The van der Waals surface area contributed by atoms with E-state index in [1.807, 2.05) is 13.1 Å². The summed E-state index contributed by atoms with van der Waals surface area (Å²) < 4.78 is 5.40. The number of rotatable bonds is 7. The van der Waals surface area contributed by atoms with Gasteiger partial charge >= 0.3 is 0 Å². The topological polar surface area (TPSA) is 25.2 Å². The highest BCUT2D eigenvalue weighted by molar-refractivity contribution is 6.28. The number of hydrogen-bond donors (Lipinski definition) is 1. The summed E-state index contributed by atoms with van der Waals surface area (Å²) in [4.78, 5) is 0. The predicted molar refractivity (Wildman–Crippen MR) is 64.3 cm³/mol. The number of nitrogens with one attached hydrogen (secondary N) is 1. The van der Waals surface area contributed by atoms with Crippen LogP contribution in [0.3, 0.4) is 0 Å². The maximum atomic E-state index is 5.75. The van der Waals surface area contributed by atoms with Crippen LogP contribution in [0.2, 0.25) is 5.22 Å². The van der Waals surface area contributed by atoms with E-state index < -0.39 is 0 Å². The molecule has 86 valence electrons. The lowest BCUT2D eigenvalue weighted by atomic mass is 10.1.